The van der Waals surface area contributed by atoms with Crippen LogP contribution in [0, 0.1) is 5.82 Å². The molecule has 0 saturated heterocycles. The van der Waals surface area contributed by atoms with Gasteiger partial charge in [0.05, 0.1) is 0 Å². The first-order valence-electron chi connectivity index (χ1n) is 9.18. The van der Waals surface area contributed by atoms with Gasteiger partial charge in [-0.15, -0.1) is 0 Å². The Morgan fingerprint density at radius 2 is 1.53 bits per heavy atom. The Balaban J connectivity index is 1.79. The monoisotopic (exact) mass is 446 g/mol. The molecule has 1 atom stereocenters. The molecule has 3 rings (SSSR count). The number of carbonyl (C=O) groups excluding carboxylic acids is 1. The second kappa shape index (κ2) is 9.84. The minimum absolute atomic E-state index is 0.112. The van der Waals surface area contributed by atoms with Crippen molar-refractivity contribution in [2.75, 3.05) is 0 Å². The van der Waals surface area contributed by atoms with E-state index < -0.39 is 32.7 Å². The van der Waals surface area contributed by atoms with E-state index in [-0.39, 0.29) is 13.0 Å². The first-order valence-corrected chi connectivity index (χ1v) is 11.0. The average molecular weight is 447 g/mol. The summed E-state index contributed by atoms with van der Waals surface area (Å²) in [6.07, 6.45) is 0.112. The average Bonchev–Trinajstić information content (AvgIpc) is 2.73. The highest BCUT2D eigenvalue weighted by Crippen LogP contribution is 2.15. The number of sulfonamides is 1. The summed E-state index contributed by atoms with van der Waals surface area (Å²) in [7, 11) is -4.25. The maximum Gasteiger partial charge on any atom is 0.244 e. The van der Waals surface area contributed by atoms with Crippen LogP contribution in [0.25, 0.3) is 0 Å². The van der Waals surface area contributed by atoms with Crippen molar-refractivity contribution in [3.8, 4) is 0 Å². The zero-order chi connectivity index (χ0) is 21.6. The summed E-state index contributed by atoms with van der Waals surface area (Å²) in [6, 6.07) is 19.8. The van der Waals surface area contributed by atoms with Gasteiger partial charge in [-0.05, 0) is 41.8 Å². The normalized spacial score (nSPS) is 12.3. The van der Waals surface area contributed by atoms with Crippen LogP contribution >= 0.6 is 11.6 Å². The van der Waals surface area contributed by atoms with E-state index in [1.54, 1.807) is 48.5 Å². The predicted molar refractivity (Wildman–Crippen MR) is 114 cm³/mol. The molecule has 0 saturated carbocycles. The van der Waals surface area contributed by atoms with Crippen molar-refractivity contribution >= 4 is 27.5 Å². The number of halogens is 2. The fourth-order valence-corrected chi connectivity index (χ4v) is 4.27. The summed E-state index contributed by atoms with van der Waals surface area (Å²) in [4.78, 5) is 12.3. The van der Waals surface area contributed by atoms with E-state index in [1.807, 2.05) is 6.07 Å². The van der Waals surface area contributed by atoms with Crippen molar-refractivity contribution in [3.05, 3.63) is 101 Å². The molecule has 0 aliphatic heterocycles. The quantitative estimate of drug-likeness (QED) is 0.554. The van der Waals surface area contributed by atoms with Crippen molar-refractivity contribution in [2.45, 2.75) is 23.9 Å². The lowest BCUT2D eigenvalue weighted by molar-refractivity contribution is -0.122. The molecule has 0 radical (unpaired) electrons. The lowest BCUT2D eigenvalue weighted by Gasteiger charge is -2.19. The molecule has 30 heavy (non-hydrogen) atoms. The molecular formula is C22H20ClFN2O3S. The van der Waals surface area contributed by atoms with Gasteiger partial charge in [0.2, 0.25) is 15.9 Å². The number of benzene rings is 3. The van der Waals surface area contributed by atoms with Crippen LogP contribution in [0.15, 0.2) is 83.8 Å². The summed E-state index contributed by atoms with van der Waals surface area (Å²) >= 11 is 5.86. The summed E-state index contributed by atoms with van der Waals surface area (Å²) < 4.78 is 41.8. The minimum Gasteiger partial charge on any atom is -0.351 e. The fraction of sp³-hybridized carbons (Fsp3) is 0.136. The van der Waals surface area contributed by atoms with Gasteiger partial charge in [-0.3, -0.25) is 4.79 Å². The molecule has 0 aliphatic rings. The third kappa shape index (κ3) is 5.89. The number of carbonyl (C=O) groups is 1. The third-order valence-corrected chi connectivity index (χ3v) is 6.16. The Bertz CT molecular complexity index is 1110. The van der Waals surface area contributed by atoms with Crippen LogP contribution < -0.4 is 10.0 Å². The second-order valence-electron chi connectivity index (χ2n) is 6.64. The molecular weight excluding hydrogens is 427 g/mol. The maximum absolute atomic E-state index is 14.0. The van der Waals surface area contributed by atoms with Crippen LogP contribution in [-0.4, -0.2) is 20.4 Å². The molecule has 0 heterocycles. The van der Waals surface area contributed by atoms with Crippen LogP contribution in [0.5, 0.6) is 0 Å². The second-order valence-corrected chi connectivity index (χ2v) is 8.76. The molecule has 0 aromatic heterocycles. The molecule has 1 unspecified atom stereocenters. The molecule has 3 aromatic rings. The Kier molecular flexibility index (Phi) is 7.20. The lowest BCUT2D eigenvalue weighted by atomic mass is 10.1. The van der Waals surface area contributed by atoms with Crippen LogP contribution in [0.2, 0.25) is 5.02 Å². The van der Waals surface area contributed by atoms with Crippen LogP contribution in [0.3, 0.4) is 0 Å². The Morgan fingerprint density at radius 1 is 0.900 bits per heavy atom. The van der Waals surface area contributed by atoms with E-state index in [0.29, 0.717) is 5.02 Å². The first-order chi connectivity index (χ1) is 14.3. The highest BCUT2D eigenvalue weighted by Gasteiger charge is 2.27. The summed E-state index contributed by atoms with van der Waals surface area (Å²) in [5.41, 5.74) is 1.57. The van der Waals surface area contributed by atoms with E-state index in [4.69, 9.17) is 11.6 Å². The van der Waals surface area contributed by atoms with Crippen LogP contribution in [0.4, 0.5) is 4.39 Å². The highest BCUT2D eigenvalue weighted by atomic mass is 35.5. The zero-order valence-electron chi connectivity index (χ0n) is 15.9. The van der Waals surface area contributed by atoms with Gasteiger partial charge in [0, 0.05) is 11.6 Å². The van der Waals surface area contributed by atoms with Crippen molar-refractivity contribution in [2.24, 2.45) is 0 Å². The van der Waals surface area contributed by atoms with Crippen molar-refractivity contribution in [1.82, 2.24) is 10.0 Å². The van der Waals surface area contributed by atoms with E-state index in [1.165, 1.54) is 12.1 Å². The SMILES string of the molecule is O=C(NCc1ccc(Cl)cc1)C(Cc1ccccc1)NS(=O)(=O)c1ccccc1F. The number of nitrogens with one attached hydrogen (secondary N) is 2. The van der Waals surface area contributed by atoms with Gasteiger partial charge in [-0.1, -0.05) is 66.2 Å². The van der Waals surface area contributed by atoms with Gasteiger partial charge in [-0.2, -0.15) is 4.72 Å². The standard InChI is InChI=1S/C22H20ClFN2O3S/c23-18-12-10-17(11-13-18)15-25-22(27)20(14-16-6-2-1-3-7-16)26-30(28,29)21-9-5-4-8-19(21)24/h1-13,20,26H,14-15H2,(H,25,27). The fourth-order valence-electron chi connectivity index (χ4n) is 2.87. The van der Waals surface area contributed by atoms with Gasteiger partial charge < -0.3 is 5.32 Å². The third-order valence-electron chi connectivity index (χ3n) is 4.40. The number of amides is 1. The van der Waals surface area contributed by atoms with E-state index in [2.05, 4.69) is 10.0 Å². The molecule has 0 spiro atoms. The van der Waals surface area contributed by atoms with Gasteiger partial charge in [0.25, 0.3) is 0 Å². The maximum atomic E-state index is 14.0. The molecule has 2 N–H and O–H groups in total. The number of rotatable bonds is 8. The van der Waals surface area contributed by atoms with Crippen LogP contribution in [0.1, 0.15) is 11.1 Å². The lowest BCUT2D eigenvalue weighted by Crippen LogP contribution is -2.47. The molecule has 156 valence electrons. The molecule has 3 aromatic carbocycles. The minimum atomic E-state index is -4.25. The Morgan fingerprint density at radius 3 is 2.20 bits per heavy atom. The van der Waals surface area contributed by atoms with E-state index >= 15 is 0 Å². The van der Waals surface area contributed by atoms with Crippen molar-refractivity contribution < 1.29 is 17.6 Å². The summed E-state index contributed by atoms with van der Waals surface area (Å²) in [6.45, 7) is 0.197. The summed E-state index contributed by atoms with van der Waals surface area (Å²) in [5, 5.41) is 3.30. The van der Waals surface area contributed by atoms with Crippen molar-refractivity contribution in [1.29, 1.82) is 0 Å². The molecule has 0 fully saturated rings. The topological polar surface area (TPSA) is 75.3 Å². The Hall–Kier alpha value is -2.74. The van der Waals surface area contributed by atoms with Crippen molar-refractivity contribution in [3.63, 3.8) is 0 Å². The molecule has 1 amide bonds. The number of hydrogen-bond acceptors (Lipinski definition) is 3. The Labute approximate surface area is 179 Å². The predicted octanol–water partition coefficient (Wildman–Crippen LogP) is 3.69. The van der Waals surface area contributed by atoms with Gasteiger partial charge in [-0.25, -0.2) is 12.8 Å². The largest absolute Gasteiger partial charge is 0.351 e. The smallest absolute Gasteiger partial charge is 0.244 e. The van der Waals surface area contributed by atoms with Gasteiger partial charge in [0.1, 0.15) is 16.8 Å². The van der Waals surface area contributed by atoms with Gasteiger partial charge in [0.15, 0.2) is 0 Å². The summed E-state index contributed by atoms with van der Waals surface area (Å²) in [5.74, 6) is -1.40. The van der Waals surface area contributed by atoms with E-state index in [0.717, 1.165) is 23.3 Å². The zero-order valence-corrected chi connectivity index (χ0v) is 17.5. The van der Waals surface area contributed by atoms with E-state index in [9.17, 15) is 17.6 Å². The molecule has 0 aliphatic carbocycles. The molecule has 8 heteroatoms. The molecule has 0 bridgehead atoms. The molecule has 5 nitrogen and oxygen atoms in total. The van der Waals surface area contributed by atoms with Crippen LogP contribution in [-0.2, 0) is 27.8 Å². The first kappa shape index (κ1) is 22.0. The highest BCUT2D eigenvalue weighted by molar-refractivity contribution is 7.89. The van der Waals surface area contributed by atoms with Gasteiger partial charge >= 0.3 is 0 Å². The number of hydrogen-bond donors (Lipinski definition) is 2.